The van der Waals surface area contributed by atoms with Gasteiger partial charge >= 0.3 is 6.03 Å². The summed E-state index contributed by atoms with van der Waals surface area (Å²) >= 11 is 0. The van der Waals surface area contributed by atoms with Crippen LogP contribution in [0.25, 0.3) is 0 Å². The van der Waals surface area contributed by atoms with Crippen molar-refractivity contribution in [2.45, 2.75) is 13.5 Å². The fourth-order valence-corrected chi connectivity index (χ4v) is 2.92. The zero-order valence-corrected chi connectivity index (χ0v) is 13.6. The van der Waals surface area contributed by atoms with Crippen molar-refractivity contribution in [3.63, 3.8) is 0 Å². The molecule has 23 heavy (non-hydrogen) atoms. The number of urea groups is 1. The van der Waals surface area contributed by atoms with Crippen LogP contribution in [0.1, 0.15) is 11.1 Å². The third-order valence-corrected chi connectivity index (χ3v) is 4.36. The number of anilines is 1. The lowest BCUT2D eigenvalue weighted by Gasteiger charge is -2.32. The molecule has 0 saturated carbocycles. The number of rotatable bonds is 3. The van der Waals surface area contributed by atoms with Gasteiger partial charge in [0, 0.05) is 11.3 Å². The summed E-state index contributed by atoms with van der Waals surface area (Å²) in [4.78, 5) is 15.7. The van der Waals surface area contributed by atoms with E-state index in [0.717, 1.165) is 38.4 Å². The molecule has 0 aromatic heterocycles. The van der Waals surface area contributed by atoms with Crippen LogP contribution in [-0.2, 0) is 6.54 Å². The first-order valence-electron chi connectivity index (χ1n) is 8.21. The molecule has 0 bridgehead atoms. The summed E-state index contributed by atoms with van der Waals surface area (Å²) in [5, 5.41) is 2.96. The fourth-order valence-electron chi connectivity index (χ4n) is 2.92. The molecule has 4 heteroatoms. The van der Waals surface area contributed by atoms with Crippen LogP contribution >= 0.6 is 0 Å². The van der Waals surface area contributed by atoms with Crippen LogP contribution in [-0.4, -0.2) is 37.1 Å². The van der Waals surface area contributed by atoms with Crippen molar-refractivity contribution in [1.82, 2.24) is 4.90 Å². The normalized spacial score (nSPS) is 15.4. The number of piperazine rings is 1. The van der Waals surface area contributed by atoms with E-state index in [4.69, 9.17) is 0 Å². The summed E-state index contributed by atoms with van der Waals surface area (Å²) in [6.45, 7) is 6.75. The molecule has 2 aromatic rings. The number of quaternary nitrogens is 1. The first-order chi connectivity index (χ1) is 11.2. The molecule has 3 rings (SSSR count). The van der Waals surface area contributed by atoms with Gasteiger partial charge < -0.3 is 15.1 Å². The van der Waals surface area contributed by atoms with E-state index in [2.05, 4.69) is 36.5 Å². The number of amides is 2. The summed E-state index contributed by atoms with van der Waals surface area (Å²) in [6.07, 6.45) is 0. The minimum atomic E-state index is 0.00517. The summed E-state index contributed by atoms with van der Waals surface area (Å²) in [7, 11) is 0. The third kappa shape index (κ3) is 4.33. The summed E-state index contributed by atoms with van der Waals surface area (Å²) < 4.78 is 0. The number of hydrogen-bond donors (Lipinski definition) is 2. The molecule has 0 radical (unpaired) electrons. The van der Waals surface area contributed by atoms with Gasteiger partial charge in [-0.05, 0) is 19.1 Å². The molecule has 2 aromatic carbocycles. The molecule has 1 aliphatic rings. The lowest BCUT2D eigenvalue weighted by atomic mass is 10.1. The predicted molar refractivity (Wildman–Crippen MR) is 92.6 cm³/mol. The minimum Gasteiger partial charge on any atom is -0.328 e. The molecule has 4 nitrogen and oxygen atoms in total. The van der Waals surface area contributed by atoms with Gasteiger partial charge in [0.2, 0.25) is 0 Å². The summed E-state index contributed by atoms with van der Waals surface area (Å²) in [5.41, 5.74) is 3.52. The molecule has 0 spiro atoms. The second-order valence-electron chi connectivity index (χ2n) is 6.20. The molecule has 0 atom stereocenters. The molecule has 2 N–H and O–H groups in total. The standard InChI is InChI=1S/C19H23N3O/c1-16-7-9-17(10-8-16)15-21-11-13-22(14-12-21)19(23)20-18-5-3-2-4-6-18/h2-10H,11-15H2,1H3,(H,20,23)/p+1. The van der Waals surface area contributed by atoms with Gasteiger partial charge in [-0.15, -0.1) is 0 Å². The average molecular weight is 310 g/mol. The molecule has 120 valence electrons. The van der Waals surface area contributed by atoms with E-state index in [1.807, 2.05) is 35.2 Å². The molecule has 1 saturated heterocycles. The lowest BCUT2D eigenvalue weighted by Crippen LogP contribution is -3.13. The van der Waals surface area contributed by atoms with Crippen LogP contribution in [0, 0.1) is 6.92 Å². The first kappa shape index (κ1) is 15.6. The van der Waals surface area contributed by atoms with E-state index in [9.17, 15) is 4.79 Å². The monoisotopic (exact) mass is 310 g/mol. The number of para-hydroxylation sites is 1. The van der Waals surface area contributed by atoms with Crippen molar-refractivity contribution in [2.24, 2.45) is 0 Å². The second-order valence-corrected chi connectivity index (χ2v) is 6.20. The molecule has 1 heterocycles. The highest BCUT2D eigenvalue weighted by atomic mass is 16.2. The summed E-state index contributed by atoms with van der Waals surface area (Å²) in [5.74, 6) is 0. The SMILES string of the molecule is Cc1ccc(C[NH+]2CCN(C(=O)Nc3ccccc3)CC2)cc1. The first-order valence-corrected chi connectivity index (χ1v) is 8.21. The molecule has 0 aliphatic carbocycles. The third-order valence-electron chi connectivity index (χ3n) is 4.36. The Morgan fingerprint density at radius 2 is 1.70 bits per heavy atom. The van der Waals surface area contributed by atoms with E-state index in [1.54, 1.807) is 0 Å². The highest BCUT2D eigenvalue weighted by molar-refractivity contribution is 5.89. The highest BCUT2D eigenvalue weighted by Crippen LogP contribution is 2.07. The molecular formula is C19H24N3O+. The number of nitrogens with one attached hydrogen (secondary N) is 2. The maximum atomic E-state index is 12.3. The van der Waals surface area contributed by atoms with Crippen molar-refractivity contribution in [3.05, 3.63) is 65.7 Å². The maximum Gasteiger partial charge on any atom is 0.322 e. The lowest BCUT2D eigenvalue weighted by molar-refractivity contribution is -0.917. The number of aryl methyl sites for hydroxylation is 1. The molecule has 2 amide bonds. The Morgan fingerprint density at radius 3 is 2.35 bits per heavy atom. The summed E-state index contributed by atoms with van der Waals surface area (Å²) in [6, 6.07) is 18.4. The van der Waals surface area contributed by atoms with Gasteiger partial charge in [-0.25, -0.2) is 4.79 Å². The van der Waals surface area contributed by atoms with Gasteiger partial charge in [0.1, 0.15) is 6.54 Å². The van der Waals surface area contributed by atoms with Crippen molar-refractivity contribution < 1.29 is 9.69 Å². The second kappa shape index (κ2) is 7.29. The number of carbonyl (C=O) groups excluding carboxylic acids is 1. The van der Waals surface area contributed by atoms with Crippen LogP contribution in [0.5, 0.6) is 0 Å². The molecule has 1 aliphatic heterocycles. The van der Waals surface area contributed by atoms with Crippen LogP contribution in [0.3, 0.4) is 0 Å². The topological polar surface area (TPSA) is 36.8 Å². The molecule has 0 unspecified atom stereocenters. The minimum absolute atomic E-state index is 0.00517. The van der Waals surface area contributed by atoms with E-state index in [1.165, 1.54) is 16.0 Å². The van der Waals surface area contributed by atoms with Crippen molar-refractivity contribution >= 4 is 11.7 Å². The van der Waals surface area contributed by atoms with E-state index in [0.29, 0.717) is 0 Å². The van der Waals surface area contributed by atoms with Crippen LogP contribution in [0.15, 0.2) is 54.6 Å². The van der Waals surface area contributed by atoms with E-state index < -0.39 is 0 Å². The van der Waals surface area contributed by atoms with Gasteiger partial charge in [0.25, 0.3) is 0 Å². The van der Waals surface area contributed by atoms with Gasteiger partial charge in [0.15, 0.2) is 0 Å². The fraction of sp³-hybridized carbons (Fsp3) is 0.316. The Bertz CT molecular complexity index is 631. The van der Waals surface area contributed by atoms with Gasteiger partial charge in [0.05, 0.1) is 26.2 Å². The van der Waals surface area contributed by atoms with Crippen molar-refractivity contribution in [2.75, 3.05) is 31.5 Å². The number of hydrogen-bond acceptors (Lipinski definition) is 1. The largest absolute Gasteiger partial charge is 0.328 e. The van der Waals surface area contributed by atoms with Crippen molar-refractivity contribution in [3.8, 4) is 0 Å². The quantitative estimate of drug-likeness (QED) is 0.893. The van der Waals surface area contributed by atoms with E-state index >= 15 is 0 Å². The Labute approximate surface area is 137 Å². The zero-order valence-electron chi connectivity index (χ0n) is 13.6. The average Bonchev–Trinajstić information content (AvgIpc) is 2.58. The van der Waals surface area contributed by atoms with Gasteiger partial charge in [-0.3, -0.25) is 0 Å². The van der Waals surface area contributed by atoms with Gasteiger partial charge in [-0.2, -0.15) is 0 Å². The molecule has 1 fully saturated rings. The Hall–Kier alpha value is -2.33. The predicted octanol–water partition coefficient (Wildman–Crippen LogP) is 1.93. The van der Waals surface area contributed by atoms with Crippen molar-refractivity contribution in [1.29, 1.82) is 0 Å². The Morgan fingerprint density at radius 1 is 1.04 bits per heavy atom. The Kier molecular flexibility index (Phi) is 4.93. The highest BCUT2D eigenvalue weighted by Gasteiger charge is 2.23. The Balaban J connectivity index is 1.48. The number of carbonyl (C=O) groups is 1. The van der Waals surface area contributed by atoms with Crippen LogP contribution in [0.4, 0.5) is 10.5 Å². The smallest absolute Gasteiger partial charge is 0.322 e. The molecular weight excluding hydrogens is 286 g/mol. The van der Waals surface area contributed by atoms with Crippen LogP contribution < -0.4 is 10.2 Å². The van der Waals surface area contributed by atoms with E-state index in [-0.39, 0.29) is 6.03 Å². The maximum absolute atomic E-state index is 12.3. The van der Waals surface area contributed by atoms with Gasteiger partial charge in [-0.1, -0.05) is 48.0 Å². The van der Waals surface area contributed by atoms with Crippen LogP contribution in [0.2, 0.25) is 0 Å². The number of benzene rings is 2. The zero-order chi connectivity index (χ0) is 16.1. The number of nitrogens with zero attached hydrogens (tertiary/aromatic N) is 1.